The number of nitrogens with zero attached hydrogens (tertiary/aromatic N) is 2. The van der Waals surface area contributed by atoms with Gasteiger partial charge in [0.1, 0.15) is 16.9 Å². The average molecular weight is 455 g/mol. The van der Waals surface area contributed by atoms with E-state index in [9.17, 15) is 24.3 Å². The molecule has 0 bridgehead atoms. The maximum absolute atomic E-state index is 12.9. The number of likely N-dealkylation sites (N-methyl/N-ethyl adjacent to an activating group) is 1. The fourth-order valence-corrected chi connectivity index (χ4v) is 4.77. The van der Waals surface area contributed by atoms with Crippen molar-refractivity contribution in [2.75, 3.05) is 13.6 Å². The Morgan fingerprint density at radius 2 is 1.91 bits per heavy atom. The van der Waals surface area contributed by atoms with Crippen molar-refractivity contribution in [1.82, 2.24) is 9.80 Å². The number of rotatable bonds is 8. The van der Waals surface area contributed by atoms with Gasteiger partial charge in [-0.15, -0.1) is 0 Å². The monoisotopic (exact) mass is 454 g/mol. The first-order chi connectivity index (χ1) is 15.6. The van der Waals surface area contributed by atoms with Gasteiger partial charge in [0, 0.05) is 42.9 Å². The molecule has 33 heavy (non-hydrogen) atoms. The van der Waals surface area contributed by atoms with Crippen LogP contribution in [-0.4, -0.2) is 57.7 Å². The molecule has 3 amide bonds. The summed E-state index contributed by atoms with van der Waals surface area (Å²) in [5, 5.41) is 10.7. The number of carbonyl (C=O) groups is 4. The molecule has 2 heterocycles. The zero-order valence-electron chi connectivity index (χ0n) is 19.3. The van der Waals surface area contributed by atoms with E-state index in [1.54, 1.807) is 33.0 Å². The molecule has 1 atom stereocenters. The van der Waals surface area contributed by atoms with Crippen LogP contribution < -0.4 is 0 Å². The molecular formula is C25H30N2O6. The summed E-state index contributed by atoms with van der Waals surface area (Å²) in [6, 6.07) is 4.97. The molecule has 176 valence electrons. The number of benzene rings is 1. The minimum absolute atomic E-state index is 0.132. The third-order valence-corrected chi connectivity index (χ3v) is 7.12. The second-order valence-corrected chi connectivity index (χ2v) is 9.58. The number of aliphatic carboxylic acids is 1. The second-order valence-electron chi connectivity index (χ2n) is 9.58. The van der Waals surface area contributed by atoms with E-state index in [1.807, 2.05) is 6.07 Å². The summed E-state index contributed by atoms with van der Waals surface area (Å²) in [6.45, 7) is 3.49. The van der Waals surface area contributed by atoms with Crippen molar-refractivity contribution in [3.05, 3.63) is 35.1 Å². The molecule has 0 radical (unpaired) electrons. The third kappa shape index (κ3) is 4.14. The van der Waals surface area contributed by atoms with Crippen LogP contribution in [-0.2, 0) is 22.4 Å². The lowest BCUT2D eigenvalue weighted by atomic mass is 9.92. The lowest BCUT2D eigenvalue weighted by Gasteiger charge is -2.22. The van der Waals surface area contributed by atoms with Gasteiger partial charge in [0.15, 0.2) is 5.78 Å². The highest BCUT2D eigenvalue weighted by molar-refractivity contribution is 6.06. The molecule has 0 spiro atoms. The number of ketones is 1. The van der Waals surface area contributed by atoms with Gasteiger partial charge in [-0.2, -0.15) is 0 Å². The smallest absolute Gasteiger partial charge is 0.327 e. The molecule has 1 aliphatic carbocycles. The number of imide groups is 1. The first-order valence-corrected chi connectivity index (χ1v) is 11.5. The molecule has 8 heteroatoms. The van der Waals surface area contributed by atoms with E-state index in [-0.39, 0.29) is 37.1 Å². The van der Waals surface area contributed by atoms with Crippen LogP contribution in [0, 0.1) is 5.92 Å². The first kappa shape index (κ1) is 23.0. The highest BCUT2D eigenvalue weighted by Gasteiger charge is 2.48. The number of amides is 3. The molecule has 1 aliphatic heterocycles. The van der Waals surface area contributed by atoms with Gasteiger partial charge in [-0.3, -0.25) is 19.3 Å². The average Bonchev–Trinajstić information content (AvgIpc) is 3.22. The lowest BCUT2D eigenvalue weighted by Crippen LogP contribution is -2.41. The van der Waals surface area contributed by atoms with Crippen molar-refractivity contribution >= 4 is 34.7 Å². The summed E-state index contributed by atoms with van der Waals surface area (Å²) >= 11 is 0. The van der Waals surface area contributed by atoms with E-state index in [2.05, 4.69) is 0 Å². The zero-order valence-corrected chi connectivity index (χ0v) is 19.3. The SMILES string of the molecule is CN1C(=O)N(CCC[C@@H](CC(=O)c2ccc3c4c(oc3c2)CCCC4)C(=O)O)C(=O)C1(C)C. The van der Waals surface area contributed by atoms with Gasteiger partial charge < -0.3 is 14.4 Å². The standard InChI is InChI=1S/C25H30N2O6/c1-25(2)23(31)27(24(32)26(25)3)12-6-7-16(22(29)30)13-19(28)15-10-11-18-17-8-4-5-9-20(17)33-21(18)14-15/h10-11,14,16H,4-9,12-13H2,1-3H3,(H,29,30)/t16-/m0/s1. The van der Waals surface area contributed by atoms with Gasteiger partial charge in [0.25, 0.3) is 5.91 Å². The van der Waals surface area contributed by atoms with E-state index in [0.29, 0.717) is 17.6 Å². The fraction of sp³-hybridized carbons (Fsp3) is 0.520. The van der Waals surface area contributed by atoms with Crippen molar-refractivity contribution in [3.63, 3.8) is 0 Å². The van der Waals surface area contributed by atoms with Crippen LogP contribution in [0.1, 0.15) is 67.6 Å². The summed E-state index contributed by atoms with van der Waals surface area (Å²) in [5.74, 6) is -1.52. The second kappa shape index (κ2) is 8.65. The molecule has 1 fully saturated rings. The number of fused-ring (bicyclic) bond motifs is 3. The lowest BCUT2D eigenvalue weighted by molar-refractivity contribution is -0.141. The molecule has 2 aliphatic rings. The van der Waals surface area contributed by atoms with Crippen LogP contribution in [0.3, 0.4) is 0 Å². The highest BCUT2D eigenvalue weighted by Crippen LogP contribution is 2.33. The number of furan rings is 1. The molecule has 0 unspecified atom stereocenters. The van der Waals surface area contributed by atoms with E-state index in [4.69, 9.17) is 4.42 Å². The van der Waals surface area contributed by atoms with Crippen molar-refractivity contribution in [2.45, 2.75) is 64.3 Å². The summed E-state index contributed by atoms with van der Waals surface area (Å²) < 4.78 is 5.96. The summed E-state index contributed by atoms with van der Waals surface area (Å²) in [7, 11) is 1.57. The number of aryl methyl sites for hydroxylation is 2. The molecule has 4 rings (SSSR count). The Bertz CT molecular complexity index is 1130. The number of hydrogen-bond acceptors (Lipinski definition) is 5. The first-order valence-electron chi connectivity index (χ1n) is 11.5. The Hall–Kier alpha value is -3.16. The molecule has 2 aromatic rings. The maximum Gasteiger partial charge on any atom is 0.327 e. The summed E-state index contributed by atoms with van der Waals surface area (Å²) in [4.78, 5) is 52.0. The van der Waals surface area contributed by atoms with Gasteiger partial charge >= 0.3 is 12.0 Å². The number of Topliss-reactive ketones (excluding diaryl/α,β-unsaturated/α-hetero) is 1. The van der Waals surface area contributed by atoms with Gasteiger partial charge in [0.05, 0.1) is 5.92 Å². The number of urea groups is 1. The zero-order chi connectivity index (χ0) is 23.9. The fourth-order valence-electron chi connectivity index (χ4n) is 4.77. The number of carboxylic acids is 1. The molecule has 1 saturated heterocycles. The van der Waals surface area contributed by atoms with Crippen LogP contribution in [0.4, 0.5) is 4.79 Å². The van der Waals surface area contributed by atoms with Crippen molar-refractivity contribution in [3.8, 4) is 0 Å². The van der Waals surface area contributed by atoms with Crippen LogP contribution in [0.25, 0.3) is 11.0 Å². The van der Waals surface area contributed by atoms with Crippen LogP contribution in [0.2, 0.25) is 0 Å². The maximum atomic E-state index is 12.9. The highest BCUT2D eigenvalue weighted by atomic mass is 16.4. The van der Waals surface area contributed by atoms with Crippen LogP contribution in [0.5, 0.6) is 0 Å². The normalized spacial score (nSPS) is 18.6. The Morgan fingerprint density at radius 1 is 1.18 bits per heavy atom. The molecule has 1 aromatic heterocycles. The largest absolute Gasteiger partial charge is 0.481 e. The molecule has 8 nitrogen and oxygen atoms in total. The molecule has 1 N–H and O–H groups in total. The van der Waals surface area contributed by atoms with Crippen molar-refractivity contribution < 1.29 is 28.7 Å². The van der Waals surface area contributed by atoms with Gasteiger partial charge in [-0.05, 0) is 52.0 Å². The topological polar surface area (TPSA) is 108 Å². The minimum Gasteiger partial charge on any atom is -0.481 e. The van der Waals surface area contributed by atoms with E-state index in [1.165, 1.54) is 10.5 Å². The van der Waals surface area contributed by atoms with Crippen molar-refractivity contribution in [1.29, 1.82) is 0 Å². The Morgan fingerprint density at radius 3 is 2.58 bits per heavy atom. The third-order valence-electron chi connectivity index (χ3n) is 7.12. The molecule has 0 saturated carbocycles. The summed E-state index contributed by atoms with van der Waals surface area (Å²) in [5.41, 5.74) is 1.42. The molecule has 1 aromatic carbocycles. The van der Waals surface area contributed by atoms with Gasteiger partial charge in [-0.25, -0.2) is 4.79 Å². The Balaban J connectivity index is 1.40. The van der Waals surface area contributed by atoms with E-state index >= 15 is 0 Å². The van der Waals surface area contributed by atoms with Crippen LogP contribution >= 0.6 is 0 Å². The van der Waals surface area contributed by atoms with Gasteiger partial charge in [-0.1, -0.05) is 12.1 Å². The Kier molecular flexibility index (Phi) is 6.03. The number of hydrogen-bond donors (Lipinski definition) is 1. The van der Waals surface area contributed by atoms with Crippen molar-refractivity contribution in [2.24, 2.45) is 5.92 Å². The van der Waals surface area contributed by atoms with E-state index < -0.39 is 17.4 Å². The minimum atomic E-state index is -1.06. The predicted molar refractivity (Wildman–Crippen MR) is 121 cm³/mol. The Labute approximate surface area is 192 Å². The summed E-state index contributed by atoms with van der Waals surface area (Å²) in [6.07, 6.45) is 4.48. The quantitative estimate of drug-likeness (QED) is 0.476. The molecular weight excluding hydrogens is 424 g/mol. The van der Waals surface area contributed by atoms with E-state index in [0.717, 1.165) is 41.7 Å². The number of carboxylic acid groups (broad SMARTS) is 1. The predicted octanol–water partition coefficient (Wildman–Crippen LogP) is 4.04. The van der Waals surface area contributed by atoms with Gasteiger partial charge in [0.2, 0.25) is 0 Å². The number of carbonyl (C=O) groups excluding carboxylic acids is 3. The van der Waals surface area contributed by atoms with Crippen LogP contribution in [0.15, 0.2) is 22.6 Å².